The van der Waals surface area contributed by atoms with Gasteiger partial charge in [0.05, 0.1) is 23.3 Å². The lowest BCUT2D eigenvalue weighted by Crippen LogP contribution is -2.41. The van der Waals surface area contributed by atoms with Crippen molar-refractivity contribution in [1.29, 1.82) is 0 Å². The van der Waals surface area contributed by atoms with Gasteiger partial charge in [0.1, 0.15) is 24.0 Å². The van der Waals surface area contributed by atoms with Crippen molar-refractivity contribution >= 4 is 21.7 Å². The van der Waals surface area contributed by atoms with Crippen LogP contribution in [-0.2, 0) is 16.4 Å². The van der Waals surface area contributed by atoms with Crippen LogP contribution in [0.5, 0.6) is 11.5 Å². The van der Waals surface area contributed by atoms with E-state index in [1.807, 2.05) is 11.8 Å². The average molecular weight is 401 g/mol. The molecule has 5 rings (SSSR count). The normalized spacial score (nSPS) is 24.7. The third-order valence-corrected chi connectivity index (χ3v) is 7.26. The van der Waals surface area contributed by atoms with Crippen molar-refractivity contribution in [2.45, 2.75) is 25.9 Å². The van der Waals surface area contributed by atoms with Gasteiger partial charge in [0, 0.05) is 29.8 Å². The molecule has 7 nitrogen and oxygen atoms in total. The second kappa shape index (κ2) is 6.22. The molecule has 0 bridgehead atoms. The average Bonchev–Trinajstić information content (AvgIpc) is 3.37. The Morgan fingerprint density at radius 2 is 2.14 bits per heavy atom. The quantitative estimate of drug-likeness (QED) is 0.715. The zero-order valence-electron chi connectivity index (χ0n) is 15.3. The third-order valence-electron chi connectivity index (χ3n) is 5.51. The van der Waals surface area contributed by atoms with Crippen LogP contribution in [0.1, 0.15) is 33.7 Å². The second-order valence-corrected chi connectivity index (χ2v) is 9.63. The maximum atomic E-state index is 12.8. The molecule has 1 atom stereocenters. The number of Topliss-reactive ketones (excluding diaryl/α,β-unsaturated/α-hetero) is 1. The standard InChI is InChI=1S/C20H19NO6S/c1-12-19-13(9-21(11-26-19)14-4-6-28(23,24)10-14)7-16-18(22)17(27-20(12)16)8-15-3-2-5-25-15/h2-3,5,7-8,14H,4,6,9-11H2,1H3/b17-8-. The summed E-state index contributed by atoms with van der Waals surface area (Å²) in [7, 11) is -2.97. The number of carbonyl (C=O) groups is 1. The fraction of sp³-hybridized carbons (Fsp3) is 0.350. The molecule has 28 heavy (non-hydrogen) atoms. The first-order valence-electron chi connectivity index (χ1n) is 9.13. The van der Waals surface area contributed by atoms with E-state index >= 15 is 0 Å². The summed E-state index contributed by atoms with van der Waals surface area (Å²) in [5.41, 5.74) is 2.16. The number of allylic oxidation sites excluding steroid dienone is 1. The minimum absolute atomic E-state index is 0.0481. The molecular weight excluding hydrogens is 382 g/mol. The Bertz CT molecular complexity index is 1100. The molecule has 0 aliphatic carbocycles. The van der Waals surface area contributed by atoms with Gasteiger partial charge in [0.15, 0.2) is 15.6 Å². The van der Waals surface area contributed by atoms with Crippen LogP contribution in [0.25, 0.3) is 6.08 Å². The molecule has 0 spiro atoms. The molecule has 1 aromatic heterocycles. The van der Waals surface area contributed by atoms with Gasteiger partial charge >= 0.3 is 0 Å². The number of hydrogen-bond donors (Lipinski definition) is 0. The summed E-state index contributed by atoms with van der Waals surface area (Å²) >= 11 is 0. The molecular formula is C20H19NO6S. The molecule has 4 heterocycles. The van der Waals surface area contributed by atoms with E-state index in [0.29, 0.717) is 42.5 Å². The van der Waals surface area contributed by atoms with Crippen molar-refractivity contribution in [2.75, 3.05) is 18.2 Å². The largest absolute Gasteiger partial charge is 0.477 e. The molecule has 0 amide bonds. The van der Waals surface area contributed by atoms with E-state index in [0.717, 1.165) is 11.1 Å². The summed E-state index contributed by atoms with van der Waals surface area (Å²) in [5.74, 6) is 2.17. The molecule has 0 N–H and O–H groups in total. The van der Waals surface area contributed by atoms with Crippen LogP contribution in [-0.4, -0.2) is 43.4 Å². The van der Waals surface area contributed by atoms with Crippen molar-refractivity contribution in [3.05, 3.63) is 52.7 Å². The van der Waals surface area contributed by atoms with Crippen molar-refractivity contribution in [3.63, 3.8) is 0 Å². The highest BCUT2D eigenvalue weighted by Crippen LogP contribution is 2.43. The van der Waals surface area contributed by atoms with E-state index in [9.17, 15) is 13.2 Å². The van der Waals surface area contributed by atoms with Crippen LogP contribution in [0.15, 0.2) is 34.6 Å². The fourth-order valence-corrected chi connectivity index (χ4v) is 5.83. The highest BCUT2D eigenvalue weighted by atomic mass is 32.2. The lowest BCUT2D eigenvalue weighted by molar-refractivity contribution is 0.0637. The Morgan fingerprint density at radius 3 is 2.86 bits per heavy atom. The molecule has 1 unspecified atom stereocenters. The summed E-state index contributed by atoms with van der Waals surface area (Å²) in [6.45, 7) is 2.75. The van der Waals surface area contributed by atoms with Crippen LogP contribution in [0.3, 0.4) is 0 Å². The molecule has 146 valence electrons. The first kappa shape index (κ1) is 17.5. The Morgan fingerprint density at radius 1 is 1.29 bits per heavy atom. The molecule has 1 fully saturated rings. The summed E-state index contributed by atoms with van der Waals surface area (Å²) in [5, 5.41) is 0. The number of carbonyl (C=O) groups excluding carboxylic acids is 1. The van der Waals surface area contributed by atoms with Crippen molar-refractivity contribution in [2.24, 2.45) is 0 Å². The van der Waals surface area contributed by atoms with Crippen LogP contribution in [0, 0.1) is 6.92 Å². The van der Waals surface area contributed by atoms with E-state index in [2.05, 4.69) is 0 Å². The predicted molar refractivity (Wildman–Crippen MR) is 101 cm³/mol. The number of sulfone groups is 1. The van der Waals surface area contributed by atoms with Gasteiger partial charge in [0.2, 0.25) is 5.78 Å². The summed E-state index contributed by atoms with van der Waals surface area (Å²) in [6, 6.07) is 5.25. The van der Waals surface area contributed by atoms with Gasteiger partial charge in [0.25, 0.3) is 0 Å². The number of benzene rings is 1. The molecule has 3 aliphatic rings. The Kier molecular flexibility index (Phi) is 3.89. The minimum atomic E-state index is -2.97. The smallest absolute Gasteiger partial charge is 0.232 e. The number of ketones is 1. The zero-order valence-corrected chi connectivity index (χ0v) is 16.1. The van der Waals surface area contributed by atoms with Crippen molar-refractivity contribution in [3.8, 4) is 11.5 Å². The second-order valence-electron chi connectivity index (χ2n) is 7.40. The first-order chi connectivity index (χ1) is 13.4. The van der Waals surface area contributed by atoms with Gasteiger partial charge in [-0.1, -0.05) is 0 Å². The van der Waals surface area contributed by atoms with Crippen LogP contribution >= 0.6 is 0 Å². The number of ether oxygens (including phenoxy) is 2. The van der Waals surface area contributed by atoms with Crippen LogP contribution < -0.4 is 9.47 Å². The van der Waals surface area contributed by atoms with Gasteiger partial charge < -0.3 is 13.9 Å². The van der Waals surface area contributed by atoms with Gasteiger partial charge in [-0.15, -0.1) is 0 Å². The Balaban J connectivity index is 1.46. The Labute approximate surface area is 162 Å². The monoisotopic (exact) mass is 401 g/mol. The van der Waals surface area contributed by atoms with E-state index in [1.54, 1.807) is 24.3 Å². The van der Waals surface area contributed by atoms with Crippen molar-refractivity contribution in [1.82, 2.24) is 4.90 Å². The lowest BCUT2D eigenvalue weighted by atomic mass is 9.99. The molecule has 1 saturated heterocycles. The maximum Gasteiger partial charge on any atom is 0.232 e. The minimum Gasteiger partial charge on any atom is -0.477 e. The SMILES string of the molecule is Cc1c2c(cc3c1O/C(=C\c1ccco1)C3=O)CN(C1CCS(=O)(=O)C1)CO2. The molecule has 3 aliphatic heterocycles. The van der Waals surface area contributed by atoms with Crippen LogP contribution in [0.2, 0.25) is 0 Å². The first-order valence-corrected chi connectivity index (χ1v) is 10.9. The van der Waals surface area contributed by atoms with E-state index in [4.69, 9.17) is 13.9 Å². The number of rotatable bonds is 2. The lowest BCUT2D eigenvalue weighted by Gasteiger charge is -2.33. The molecule has 2 aromatic rings. The van der Waals surface area contributed by atoms with E-state index in [-0.39, 0.29) is 29.1 Å². The maximum absolute atomic E-state index is 12.8. The van der Waals surface area contributed by atoms with Gasteiger partial charge in [-0.25, -0.2) is 8.42 Å². The van der Waals surface area contributed by atoms with Gasteiger partial charge in [-0.2, -0.15) is 0 Å². The number of hydrogen-bond acceptors (Lipinski definition) is 7. The predicted octanol–water partition coefficient (Wildman–Crippen LogP) is 2.54. The summed E-state index contributed by atoms with van der Waals surface area (Å²) in [6.07, 6.45) is 3.73. The molecule has 0 radical (unpaired) electrons. The topological polar surface area (TPSA) is 86.0 Å². The van der Waals surface area contributed by atoms with Gasteiger partial charge in [-0.3, -0.25) is 9.69 Å². The summed E-state index contributed by atoms with van der Waals surface area (Å²) in [4.78, 5) is 14.8. The molecule has 1 aromatic carbocycles. The van der Waals surface area contributed by atoms with Crippen molar-refractivity contribution < 1.29 is 27.1 Å². The Hall–Kier alpha value is -2.58. The zero-order chi connectivity index (χ0) is 19.5. The molecule has 0 saturated carbocycles. The number of fused-ring (bicyclic) bond motifs is 2. The third kappa shape index (κ3) is 2.84. The van der Waals surface area contributed by atoms with E-state index < -0.39 is 9.84 Å². The molecule has 8 heteroatoms. The van der Waals surface area contributed by atoms with Gasteiger partial charge in [-0.05, 0) is 31.5 Å². The summed E-state index contributed by atoms with van der Waals surface area (Å²) < 4.78 is 40.7. The highest BCUT2D eigenvalue weighted by molar-refractivity contribution is 7.91. The number of nitrogens with zero attached hydrogens (tertiary/aromatic N) is 1. The number of furan rings is 1. The van der Waals surface area contributed by atoms with Crippen LogP contribution in [0.4, 0.5) is 0 Å². The van der Waals surface area contributed by atoms with E-state index in [1.165, 1.54) is 6.26 Å². The fourth-order valence-electron chi connectivity index (χ4n) is 4.07. The highest BCUT2D eigenvalue weighted by Gasteiger charge is 2.37.